The monoisotopic (exact) mass is 1290 g/mol. The van der Waals surface area contributed by atoms with Gasteiger partial charge in [0.25, 0.3) is 6.71 Å². The smallest absolute Gasteiger partial charge is 0.252 e. The van der Waals surface area contributed by atoms with Gasteiger partial charge in [-0.05, 0) is 137 Å². The summed E-state index contributed by atoms with van der Waals surface area (Å²) in [5, 5.41) is 2.31. The molecule has 0 spiro atoms. The van der Waals surface area contributed by atoms with E-state index < -0.39 is 18.2 Å². The van der Waals surface area contributed by atoms with E-state index in [0.29, 0.717) is 5.56 Å². The molecule has 3 aliphatic rings. The third-order valence-corrected chi connectivity index (χ3v) is 21.3. The lowest BCUT2D eigenvalue weighted by Gasteiger charge is -2.46. The maximum absolute atomic E-state index is 9.67. The van der Waals surface area contributed by atoms with Gasteiger partial charge in [-0.3, -0.25) is 0 Å². The summed E-state index contributed by atoms with van der Waals surface area (Å²) in [5.74, 6) is 0. The molecule has 0 atom stereocenters. The molecule has 3 heterocycles. The quantitative estimate of drug-likeness (QED) is 0.120. The Kier molecular flexibility index (Phi) is 12.4. The van der Waals surface area contributed by atoms with Crippen LogP contribution < -0.4 is 26.2 Å². The first-order chi connectivity index (χ1) is 52.2. The molecule has 0 saturated heterocycles. The predicted molar refractivity (Wildman–Crippen MR) is 425 cm³/mol. The van der Waals surface area contributed by atoms with Crippen LogP contribution in [0.1, 0.15) is 29.1 Å². The average molecular weight is 1290 g/mol. The molecule has 0 unspecified atom stereocenters. The van der Waals surface area contributed by atoms with Crippen LogP contribution in [0.2, 0.25) is 0 Å². The highest BCUT2D eigenvalue weighted by Crippen LogP contribution is 2.61. The van der Waals surface area contributed by atoms with Gasteiger partial charge in [0.2, 0.25) is 0 Å². The SMILES string of the molecule is [2H]c1c([2H])c([2H])c(-c2ccc3c(c2)B2c4ccc(-n5c6ccccc6c6ccccc65)cc4N(c4c(-c5ccccc5)cccc4-c4ccccc4)c4cc(-c5cccc6c5C(c5ccccc5)(c5ccccc5)c5ccccc5-6)cc(c42)N3c2c(-c3ccccc3)cccc2-c2ccccc2)c([2H])c1[2H]. The van der Waals surface area contributed by atoms with Crippen molar-refractivity contribution < 1.29 is 6.85 Å². The molecule has 0 N–H and O–H groups in total. The van der Waals surface area contributed by atoms with E-state index in [4.69, 9.17) is 4.11 Å². The molecule has 20 rings (SSSR count). The van der Waals surface area contributed by atoms with Crippen LogP contribution >= 0.6 is 0 Å². The zero-order chi connectivity index (χ0) is 70.9. The van der Waals surface area contributed by atoms with Gasteiger partial charge in [0, 0.05) is 61.5 Å². The summed E-state index contributed by atoms with van der Waals surface area (Å²) in [5.41, 5.74) is 29.0. The fraction of sp³-hybridized carbons (Fsp3) is 0.0103. The fourth-order valence-corrected chi connectivity index (χ4v) is 17.2. The first-order valence-corrected chi connectivity index (χ1v) is 34.7. The van der Waals surface area contributed by atoms with Crippen molar-refractivity contribution in [1.29, 1.82) is 0 Å². The van der Waals surface area contributed by atoms with Crippen molar-refractivity contribution in [2.24, 2.45) is 0 Å². The number of hydrogen-bond donors (Lipinski definition) is 0. The van der Waals surface area contributed by atoms with Crippen LogP contribution in [0.25, 0.3) is 105 Å². The van der Waals surface area contributed by atoms with E-state index in [1.165, 1.54) is 16.7 Å². The number of para-hydroxylation sites is 4. The van der Waals surface area contributed by atoms with Crippen molar-refractivity contribution >= 4 is 79.0 Å². The van der Waals surface area contributed by atoms with Crippen LogP contribution in [0.5, 0.6) is 0 Å². The molecule has 470 valence electrons. The van der Waals surface area contributed by atoms with Crippen LogP contribution in [0.4, 0.5) is 34.1 Å². The topological polar surface area (TPSA) is 11.4 Å². The van der Waals surface area contributed by atoms with Crippen molar-refractivity contribution in [3.63, 3.8) is 0 Å². The molecule has 3 nitrogen and oxygen atoms in total. The molecular formula is C97H64BN3. The Morgan fingerprint density at radius 3 is 1.24 bits per heavy atom. The van der Waals surface area contributed by atoms with Gasteiger partial charge in [0.05, 0.1) is 34.7 Å². The van der Waals surface area contributed by atoms with E-state index in [2.05, 4.69) is 366 Å². The molecule has 16 aromatic carbocycles. The first-order valence-electron chi connectivity index (χ1n) is 37.2. The Labute approximate surface area is 596 Å². The zero-order valence-electron chi connectivity index (χ0n) is 60.0. The predicted octanol–water partition coefficient (Wildman–Crippen LogP) is 23.2. The minimum absolute atomic E-state index is 0.138. The van der Waals surface area contributed by atoms with Crippen LogP contribution in [0.3, 0.4) is 0 Å². The van der Waals surface area contributed by atoms with Gasteiger partial charge in [-0.25, -0.2) is 0 Å². The molecule has 101 heavy (non-hydrogen) atoms. The van der Waals surface area contributed by atoms with Crippen LogP contribution in [0.15, 0.2) is 388 Å². The Morgan fingerprint density at radius 1 is 0.277 bits per heavy atom. The Hall–Kier alpha value is -13.0. The van der Waals surface area contributed by atoms with Crippen LogP contribution in [0, 0.1) is 0 Å². The standard InChI is InChI=1S/C97H64BN3/c1-8-31-65(32-9-1)70-57-60-89-86(61-70)98-85-59-58-74(99-87-55-26-23-46-81(87)82-47-24-27-56-88(82)99)64-90(85)101(96-78(68-37-14-4-15-38-68)51-30-52-79(96)69-39-16-5-17-40-69)92-63-71(62-91(94(92)98)100(89)95-76(66-33-10-2-11-34-66)49-29-50-77(95)67-35-12-3-13-36-67)75-48-28-53-83-80-45-22-25-54-84(80)97(93(75)83,72-41-18-6-19-42-72)73-43-20-7-21-44-73/h1-64H/i1D,8D,9D,31D,32D. The van der Waals surface area contributed by atoms with Gasteiger partial charge in [-0.2, -0.15) is 0 Å². The summed E-state index contributed by atoms with van der Waals surface area (Å²) in [6, 6.07) is 128. The summed E-state index contributed by atoms with van der Waals surface area (Å²) in [6.45, 7) is -0.542. The number of rotatable bonds is 11. The van der Waals surface area contributed by atoms with Crippen molar-refractivity contribution in [3.05, 3.63) is 410 Å². The van der Waals surface area contributed by atoms with E-state index in [1.54, 1.807) is 0 Å². The second-order valence-electron chi connectivity index (χ2n) is 26.5. The first kappa shape index (κ1) is 53.1. The molecule has 0 fully saturated rings. The van der Waals surface area contributed by atoms with E-state index >= 15 is 0 Å². The molecule has 17 aromatic rings. The number of anilines is 6. The van der Waals surface area contributed by atoms with Gasteiger partial charge >= 0.3 is 0 Å². The number of hydrogen-bond acceptors (Lipinski definition) is 2. The Morgan fingerprint density at radius 2 is 0.713 bits per heavy atom. The fourth-order valence-electron chi connectivity index (χ4n) is 17.2. The Bertz CT molecular complexity index is 6170. The molecule has 1 aromatic heterocycles. The molecule has 2 aliphatic heterocycles. The van der Waals surface area contributed by atoms with Gasteiger partial charge < -0.3 is 14.4 Å². The van der Waals surface area contributed by atoms with E-state index in [1.807, 2.05) is 6.07 Å². The molecule has 0 amide bonds. The highest BCUT2D eigenvalue weighted by atomic mass is 15.2. The molecule has 0 bridgehead atoms. The largest absolute Gasteiger partial charge is 0.310 e. The zero-order valence-corrected chi connectivity index (χ0v) is 55.0. The Balaban J connectivity index is 1.00. The van der Waals surface area contributed by atoms with Crippen LogP contribution in [-0.4, -0.2) is 11.3 Å². The summed E-state index contributed by atoms with van der Waals surface area (Å²) in [7, 11) is 0. The van der Waals surface area contributed by atoms with Gasteiger partial charge in [-0.1, -0.05) is 346 Å². The lowest BCUT2D eigenvalue weighted by molar-refractivity contribution is 0.770. The maximum atomic E-state index is 9.67. The molecule has 0 saturated carbocycles. The highest BCUT2D eigenvalue weighted by molar-refractivity contribution is 7.00. The third kappa shape index (κ3) is 9.02. The summed E-state index contributed by atoms with van der Waals surface area (Å²) in [6.07, 6.45) is 0. The molecule has 1 aliphatic carbocycles. The van der Waals surface area contributed by atoms with E-state index in [0.717, 1.165) is 150 Å². The highest BCUT2D eigenvalue weighted by Gasteiger charge is 2.50. The van der Waals surface area contributed by atoms with Crippen molar-refractivity contribution in [2.75, 3.05) is 9.80 Å². The van der Waals surface area contributed by atoms with Gasteiger partial charge in [-0.15, -0.1) is 0 Å². The van der Waals surface area contributed by atoms with Gasteiger partial charge in [0.15, 0.2) is 0 Å². The van der Waals surface area contributed by atoms with Crippen molar-refractivity contribution in [3.8, 4) is 83.6 Å². The van der Waals surface area contributed by atoms with Crippen molar-refractivity contribution in [2.45, 2.75) is 5.41 Å². The lowest BCUT2D eigenvalue weighted by atomic mass is 9.33. The van der Waals surface area contributed by atoms with Gasteiger partial charge in [0.1, 0.15) is 0 Å². The lowest BCUT2D eigenvalue weighted by Crippen LogP contribution is -2.61. The summed E-state index contributed by atoms with van der Waals surface area (Å²) >= 11 is 0. The summed E-state index contributed by atoms with van der Waals surface area (Å²) in [4.78, 5) is 5.11. The molecule has 0 radical (unpaired) electrons. The second-order valence-corrected chi connectivity index (χ2v) is 26.5. The maximum Gasteiger partial charge on any atom is 0.252 e. The number of nitrogens with zero attached hydrogens (tertiary/aromatic N) is 3. The number of fused-ring (bicyclic) bond motifs is 10. The summed E-state index contributed by atoms with van der Waals surface area (Å²) < 4.78 is 48.9. The average Bonchev–Trinajstić information content (AvgIpc) is 1.69. The van der Waals surface area contributed by atoms with Crippen molar-refractivity contribution in [1.82, 2.24) is 4.57 Å². The number of aromatic nitrogens is 1. The van der Waals surface area contributed by atoms with E-state index in [-0.39, 0.29) is 29.7 Å². The minimum Gasteiger partial charge on any atom is -0.310 e. The van der Waals surface area contributed by atoms with Crippen LogP contribution in [-0.2, 0) is 5.41 Å². The number of benzene rings is 16. The molecular weight excluding hydrogens is 1220 g/mol. The normalized spacial score (nSPS) is 13.7. The third-order valence-electron chi connectivity index (χ3n) is 21.3. The molecule has 4 heteroatoms. The second kappa shape index (κ2) is 23.6. The van der Waals surface area contributed by atoms with E-state index in [9.17, 15) is 2.74 Å². The minimum atomic E-state index is -0.795.